The Hall–Kier alpha value is -1.85. The zero-order chi connectivity index (χ0) is 12.3. The highest BCUT2D eigenvalue weighted by atomic mass is 16.2. The molecule has 1 aromatic heterocycles. The minimum atomic E-state index is -0.402. The summed E-state index contributed by atoms with van der Waals surface area (Å²) in [4.78, 5) is 28.9. The molecule has 1 heterocycles. The number of rotatable bonds is 1. The van der Waals surface area contributed by atoms with Gasteiger partial charge in [-0.15, -0.1) is 0 Å². The third-order valence-corrected chi connectivity index (χ3v) is 1.60. The molecule has 0 aliphatic heterocycles. The van der Waals surface area contributed by atoms with E-state index in [0.29, 0.717) is 5.69 Å². The molecule has 0 saturated heterocycles. The van der Waals surface area contributed by atoms with Crippen molar-refractivity contribution in [2.75, 3.05) is 5.32 Å². The number of carbonyl (C=O) groups is 1. The lowest BCUT2D eigenvalue weighted by molar-refractivity contribution is 0.243. The Labute approximate surface area is 93.5 Å². The van der Waals surface area contributed by atoms with Crippen molar-refractivity contribution in [3.8, 4) is 0 Å². The number of carbonyl (C=O) groups excluding carboxylic acids is 1. The van der Waals surface area contributed by atoms with Crippen LogP contribution < -0.4 is 16.2 Å². The van der Waals surface area contributed by atoms with Crippen molar-refractivity contribution < 1.29 is 4.79 Å². The molecule has 16 heavy (non-hydrogen) atoms. The van der Waals surface area contributed by atoms with Crippen LogP contribution in [0.5, 0.6) is 0 Å². The van der Waals surface area contributed by atoms with Crippen molar-refractivity contribution in [1.29, 1.82) is 0 Å². The molecule has 0 bridgehead atoms. The first-order valence-corrected chi connectivity index (χ1v) is 4.93. The Kier molecular flexibility index (Phi) is 3.31. The number of hydrogen-bond acceptors (Lipinski definition) is 3. The molecule has 2 amide bonds. The molecule has 0 saturated carbocycles. The Morgan fingerprint density at radius 1 is 1.44 bits per heavy atom. The molecule has 0 unspecified atom stereocenters. The monoisotopic (exact) mass is 224 g/mol. The van der Waals surface area contributed by atoms with Crippen molar-refractivity contribution in [2.24, 2.45) is 0 Å². The lowest BCUT2D eigenvalue weighted by Gasteiger charge is -2.20. The van der Waals surface area contributed by atoms with E-state index in [9.17, 15) is 9.59 Å². The molecular formula is C10H16N4O2. The Bertz CT molecular complexity index is 445. The van der Waals surface area contributed by atoms with E-state index in [4.69, 9.17) is 0 Å². The number of amides is 2. The molecule has 0 aliphatic rings. The number of aryl methyl sites for hydroxylation is 1. The Morgan fingerprint density at radius 3 is 2.56 bits per heavy atom. The predicted octanol–water partition coefficient (Wildman–Crippen LogP) is 0.998. The van der Waals surface area contributed by atoms with Crippen molar-refractivity contribution in [1.82, 2.24) is 15.3 Å². The highest BCUT2D eigenvalue weighted by Crippen LogP contribution is 2.00. The van der Waals surface area contributed by atoms with Gasteiger partial charge in [-0.25, -0.2) is 4.79 Å². The average molecular weight is 224 g/mol. The fourth-order valence-corrected chi connectivity index (χ4v) is 1.12. The molecule has 0 spiro atoms. The van der Waals surface area contributed by atoms with Gasteiger partial charge < -0.3 is 10.3 Å². The standard InChI is InChI=1S/C10H16N4O2/c1-6-5-7(15)12-8(11-6)13-9(16)14-10(2,3)4/h5H,1-4H3,(H3,11,12,13,14,15,16). The SMILES string of the molecule is Cc1cc(=O)nc(NC(=O)NC(C)(C)C)[nH]1. The Morgan fingerprint density at radius 2 is 2.06 bits per heavy atom. The second-order valence-corrected chi connectivity index (χ2v) is 4.58. The second kappa shape index (κ2) is 4.34. The molecule has 0 atom stereocenters. The molecule has 6 nitrogen and oxygen atoms in total. The summed E-state index contributed by atoms with van der Waals surface area (Å²) in [7, 11) is 0. The van der Waals surface area contributed by atoms with Gasteiger partial charge >= 0.3 is 6.03 Å². The first-order chi connectivity index (χ1) is 7.26. The van der Waals surface area contributed by atoms with Crippen LogP contribution in [0, 0.1) is 6.92 Å². The third kappa shape index (κ3) is 4.12. The van der Waals surface area contributed by atoms with Gasteiger partial charge in [-0.05, 0) is 27.7 Å². The van der Waals surface area contributed by atoms with E-state index in [2.05, 4.69) is 20.6 Å². The zero-order valence-corrected chi connectivity index (χ0v) is 9.84. The van der Waals surface area contributed by atoms with Gasteiger partial charge in [-0.3, -0.25) is 10.1 Å². The van der Waals surface area contributed by atoms with E-state index in [-0.39, 0.29) is 17.0 Å². The minimum absolute atomic E-state index is 0.145. The highest BCUT2D eigenvalue weighted by molar-refractivity contribution is 5.87. The molecule has 0 radical (unpaired) electrons. The number of nitrogens with one attached hydrogen (secondary N) is 3. The number of aromatic amines is 1. The van der Waals surface area contributed by atoms with Crippen molar-refractivity contribution in [2.45, 2.75) is 33.2 Å². The molecule has 1 aromatic rings. The predicted molar refractivity (Wildman–Crippen MR) is 61.5 cm³/mol. The Balaban J connectivity index is 2.74. The van der Waals surface area contributed by atoms with Crippen LogP contribution in [0.15, 0.2) is 10.9 Å². The van der Waals surface area contributed by atoms with Crippen LogP contribution in [0.2, 0.25) is 0 Å². The van der Waals surface area contributed by atoms with E-state index in [1.807, 2.05) is 20.8 Å². The molecule has 1 rings (SSSR count). The van der Waals surface area contributed by atoms with E-state index in [1.54, 1.807) is 6.92 Å². The lowest BCUT2D eigenvalue weighted by Crippen LogP contribution is -2.43. The van der Waals surface area contributed by atoms with Crippen molar-refractivity contribution in [3.05, 3.63) is 22.1 Å². The maximum atomic E-state index is 11.5. The summed E-state index contributed by atoms with van der Waals surface area (Å²) in [5.74, 6) is 0.145. The summed E-state index contributed by atoms with van der Waals surface area (Å²) in [6, 6.07) is 0.952. The quantitative estimate of drug-likeness (QED) is 0.665. The maximum absolute atomic E-state index is 11.5. The van der Waals surface area contributed by atoms with Gasteiger partial charge in [0.15, 0.2) is 0 Å². The largest absolute Gasteiger partial charge is 0.333 e. The smallest absolute Gasteiger partial charge is 0.321 e. The zero-order valence-electron chi connectivity index (χ0n) is 9.84. The van der Waals surface area contributed by atoms with Gasteiger partial charge in [0.2, 0.25) is 5.95 Å². The summed E-state index contributed by atoms with van der Waals surface area (Å²) in [6.07, 6.45) is 0. The van der Waals surface area contributed by atoms with Crippen LogP contribution in [0.25, 0.3) is 0 Å². The normalized spacial score (nSPS) is 11.0. The third-order valence-electron chi connectivity index (χ3n) is 1.60. The van der Waals surface area contributed by atoms with E-state index < -0.39 is 6.03 Å². The van der Waals surface area contributed by atoms with Crippen LogP contribution in [0.3, 0.4) is 0 Å². The summed E-state index contributed by atoms with van der Waals surface area (Å²) in [6.45, 7) is 7.30. The van der Waals surface area contributed by atoms with Gasteiger partial charge in [0.1, 0.15) is 0 Å². The number of aromatic nitrogens is 2. The molecular weight excluding hydrogens is 208 g/mol. The number of H-pyrrole nitrogens is 1. The number of urea groups is 1. The fourth-order valence-electron chi connectivity index (χ4n) is 1.12. The van der Waals surface area contributed by atoms with E-state index >= 15 is 0 Å². The van der Waals surface area contributed by atoms with Crippen molar-refractivity contribution in [3.63, 3.8) is 0 Å². The van der Waals surface area contributed by atoms with Gasteiger partial charge in [0, 0.05) is 17.3 Å². The van der Waals surface area contributed by atoms with E-state index in [0.717, 1.165) is 0 Å². The topological polar surface area (TPSA) is 86.9 Å². The molecule has 88 valence electrons. The molecule has 6 heteroatoms. The summed E-state index contributed by atoms with van der Waals surface area (Å²) in [5, 5.41) is 5.16. The summed E-state index contributed by atoms with van der Waals surface area (Å²) < 4.78 is 0. The lowest BCUT2D eigenvalue weighted by atomic mass is 10.1. The van der Waals surface area contributed by atoms with Gasteiger partial charge in [-0.1, -0.05) is 0 Å². The van der Waals surface area contributed by atoms with Gasteiger partial charge in [0.05, 0.1) is 0 Å². The minimum Gasteiger partial charge on any atom is -0.333 e. The second-order valence-electron chi connectivity index (χ2n) is 4.58. The first-order valence-electron chi connectivity index (χ1n) is 4.93. The maximum Gasteiger partial charge on any atom is 0.321 e. The van der Waals surface area contributed by atoms with Crippen LogP contribution in [0.1, 0.15) is 26.5 Å². The highest BCUT2D eigenvalue weighted by Gasteiger charge is 2.14. The van der Waals surface area contributed by atoms with Gasteiger partial charge in [-0.2, -0.15) is 4.98 Å². The van der Waals surface area contributed by atoms with Crippen LogP contribution in [0.4, 0.5) is 10.7 Å². The molecule has 0 aliphatic carbocycles. The first kappa shape index (κ1) is 12.2. The fraction of sp³-hybridized carbons (Fsp3) is 0.500. The molecule has 0 fully saturated rings. The average Bonchev–Trinajstić information content (AvgIpc) is 1.96. The van der Waals surface area contributed by atoms with Crippen LogP contribution in [-0.2, 0) is 0 Å². The summed E-state index contributed by atoms with van der Waals surface area (Å²) >= 11 is 0. The molecule has 3 N–H and O–H groups in total. The number of hydrogen-bond donors (Lipinski definition) is 3. The molecule has 0 aromatic carbocycles. The number of anilines is 1. The van der Waals surface area contributed by atoms with Crippen LogP contribution >= 0.6 is 0 Å². The summed E-state index contributed by atoms with van der Waals surface area (Å²) in [5.41, 5.74) is -0.0813. The van der Waals surface area contributed by atoms with Crippen LogP contribution in [-0.4, -0.2) is 21.5 Å². The number of nitrogens with zero attached hydrogens (tertiary/aromatic N) is 1. The van der Waals surface area contributed by atoms with Crippen molar-refractivity contribution >= 4 is 12.0 Å². The van der Waals surface area contributed by atoms with E-state index in [1.165, 1.54) is 6.07 Å². The van der Waals surface area contributed by atoms with Gasteiger partial charge in [0.25, 0.3) is 5.56 Å².